The van der Waals surface area contributed by atoms with Crippen LogP contribution in [0.25, 0.3) is 11.3 Å². The second kappa shape index (κ2) is 8.27. The zero-order valence-electron chi connectivity index (χ0n) is 16.1. The molecule has 2 amide bonds. The van der Waals surface area contributed by atoms with Crippen LogP contribution in [-0.2, 0) is 9.59 Å². The Labute approximate surface area is 202 Å². The van der Waals surface area contributed by atoms with Crippen LogP contribution in [0.3, 0.4) is 0 Å². The molecule has 0 bridgehead atoms. The molecule has 8 nitrogen and oxygen atoms in total. The van der Waals surface area contributed by atoms with Gasteiger partial charge in [0.2, 0.25) is 5.91 Å². The molecule has 0 radical (unpaired) electrons. The minimum absolute atomic E-state index is 0. The molecule has 2 aliphatic heterocycles. The second-order valence-corrected chi connectivity index (χ2v) is 9.79. The van der Waals surface area contributed by atoms with E-state index in [2.05, 4.69) is 10.5 Å². The largest absolute Gasteiger partial charge is 0.480 e. The topological polar surface area (TPSA) is 113 Å². The molecule has 3 heterocycles. The van der Waals surface area contributed by atoms with Gasteiger partial charge in [0.25, 0.3) is 5.91 Å². The molecule has 3 atom stereocenters. The average Bonchev–Trinajstić information content (AvgIpc) is 3.14. The van der Waals surface area contributed by atoms with Crippen LogP contribution in [-0.4, -0.2) is 78.2 Å². The lowest BCUT2D eigenvalue weighted by Gasteiger charge is -2.43. The molecule has 31 heavy (non-hydrogen) atoms. The molecule has 12 heteroatoms. The maximum Gasteiger partial charge on any atom is 0.327 e. The van der Waals surface area contributed by atoms with Crippen LogP contribution < -0.4 is 5.32 Å². The van der Waals surface area contributed by atoms with Crippen LogP contribution in [0.2, 0.25) is 5.02 Å². The van der Waals surface area contributed by atoms with Gasteiger partial charge in [-0.3, -0.25) is 9.59 Å². The number of carbonyl (C=O) groups excluding carboxylic acids is 2. The van der Waals surface area contributed by atoms with Gasteiger partial charge in [0.05, 0.1) is 10.6 Å². The van der Waals surface area contributed by atoms with Crippen LogP contribution in [0, 0.1) is 12.7 Å². The highest BCUT2D eigenvalue weighted by molar-refractivity contribution is 8.01. The summed E-state index contributed by atoms with van der Waals surface area (Å²) in [5.74, 6) is -2.81. The Morgan fingerprint density at radius 2 is 2.06 bits per heavy atom. The number of aryl methyl sites for hydroxylation is 1. The van der Waals surface area contributed by atoms with Crippen molar-refractivity contribution in [1.29, 1.82) is 0 Å². The number of amides is 2. The van der Waals surface area contributed by atoms with Gasteiger partial charge < -0.3 is 19.8 Å². The van der Waals surface area contributed by atoms with E-state index in [1.54, 1.807) is 13.8 Å². The van der Waals surface area contributed by atoms with E-state index >= 15 is 0 Å². The highest BCUT2D eigenvalue weighted by Gasteiger charge is 2.64. The summed E-state index contributed by atoms with van der Waals surface area (Å²) in [5.41, 5.74) is -0.185. The van der Waals surface area contributed by atoms with Crippen molar-refractivity contribution in [1.82, 2.24) is 15.4 Å². The summed E-state index contributed by atoms with van der Waals surface area (Å²) in [6.45, 7) is 4.97. The molecular weight excluding hydrogens is 461 g/mol. The van der Waals surface area contributed by atoms with Gasteiger partial charge in [0.15, 0.2) is 0 Å². The number of nitrogens with one attached hydrogen (secondary N) is 1. The number of β-lactam (4-membered cyclic amide) rings is 1. The van der Waals surface area contributed by atoms with Crippen LogP contribution in [0.1, 0.15) is 30.0 Å². The number of carboxylic acids is 1. The van der Waals surface area contributed by atoms with Crippen molar-refractivity contribution in [3.05, 3.63) is 40.4 Å². The molecule has 0 spiro atoms. The maximum atomic E-state index is 14.4. The standard InChI is InChI=1S/C19H17ClFN3O5S.Mg.2H/c1-7-10(12(23-29-7)11-8(20)5-4-6-9(11)21)15(25)22-13-16(26)24-14(18(27)28)19(2,3)30-17(13)24;;;/h4-6,13-14,17H,1-3H3,(H,22,25)(H,27,28);;;/t13-,14+,17-;;;/m1.../s1. The van der Waals surface area contributed by atoms with Crippen molar-refractivity contribution in [3.63, 3.8) is 0 Å². The predicted molar refractivity (Wildman–Crippen MR) is 115 cm³/mol. The quantitative estimate of drug-likeness (QED) is 0.507. The third kappa shape index (κ3) is 3.71. The maximum absolute atomic E-state index is 14.4. The minimum Gasteiger partial charge on any atom is -0.480 e. The summed E-state index contributed by atoms with van der Waals surface area (Å²) in [6, 6.07) is 2.17. The number of aromatic nitrogens is 1. The summed E-state index contributed by atoms with van der Waals surface area (Å²) in [4.78, 5) is 38.5. The number of aliphatic carboxylic acids is 1. The normalized spacial score (nSPS) is 23.6. The zero-order chi connectivity index (χ0) is 22.0. The first kappa shape index (κ1) is 23.8. The number of fused-ring (bicyclic) bond motifs is 1. The van der Waals surface area contributed by atoms with Crippen molar-refractivity contribution in [2.75, 3.05) is 0 Å². The van der Waals surface area contributed by atoms with Gasteiger partial charge in [-0.25, -0.2) is 9.18 Å². The zero-order valence-corrected chi connectivity index (χ0v) is 17.7. The van der Waals surface area contributed by atoms with Gasteiger partial charge in [-0.05, 0) is 32.9 Å². The Morgan fingerprint density at radius 3 is 2.68 bits per heavy atom. The fourth-order valence-corrected chi connectivity index (χ4v) is 5.77. The van der Waals surface area contributed by atoms with Crippen molar-refractivity contribution < 1.29 is 28.4 Å². The molecule has 4 rings (SSSR count). The molecule has 2 aromatic rings. The first-order chi connectivity index (χ1) is 14.0. The van der Waals surface area contributed by atoms with E-state index in [-0.39, 0.29) is 50.7 Å². The molecule has 0 unspecified atom stereocenters. The fourth-order valence-electron chi connectivity index (χ4n) is 3.89. The molecule has 1 aromatic heterocycles. The van der Waals surface area contributed by atoms with Gasteiger partial charge in [-0.1, -0.05) is 22.8 Å². The van der Waals surface area contributed by atoms with Gasteiger partial charge in [0, 0.05) is 4.75 Å². The summed E-state index contributed by atoms with van der Waals surface area (Å²) in [7, 11) is 0. The van der Waals surface area contributed by atoms with Crippen molar-refractivity contribution in [3.8, 4) is 11.3 Å². The third-order valence-corrected chi connectivity index (χ3v) is 7.14. The summed E-state index contributed by atoms with van der Waals surface area (Å²) in [6.07, 6.45) is 0. The fraction of sp³-hybridized carbons (Fsp3) is 0.368. The number of carboxylic acid groups (broad SMARTS) is 1. The Morgan fingerprint density at radius 1 is 1.39 bits per heavy atom. The number of rotatable bonds is 4. The van der Waals surface area contributed by atoms with E-state index in [1.165, 1.54) is 41.8 Å². The SMILES string of the molecule is Cc1onc(-c2c(F)cccc2Cl)c1C(=O)N[C@@H]1C(=O)N2[C@@H]1SC(C)(C)[C@@H]2C(=O)O.[MgH2]. The second-order valence-electron chi connectivity index (χ2n) is 7.61. The lowest BCUT2D eigenvalue weighted by atomic mass is 9.95. The summed E-state index contributed by atoms with van der Waals surface area (Å²) in [5, 5.41) is 15.4. The van der Waals surface area contributed by atoms with Crippen molar-refractivity contribution in [2.45, 2.75) is 43.0 Å². The number of benzene rings is 1. The number of carbonyl (C=O) groups is 3. The van der Waals surface area contributed by atoms with E-state index in [0.717, 1.165) is 0 Å². The molecule has 0 saturated carbocycles. The number of hydrogen-bond acceptors (Lipinski definition) is 6. The van der Waals surface area contributed by atoms with Crippen LogP contribution in [0.4, 0.5) is 4.39 Å². The van der Waals surface area contributed by atoms with Gasteiger partial charge in [-0.2, -0.15) is 0 Å². The Hall–Kier alpha value is -1.82. The van der Waals surface area contributed by atoms with E-state index in [9.17, 15) is 23.9 Å². The van der Waals surface area contributed by atoms with Crippen molar-refractivity contribution >= 4 is 64.2 Å². The highest BCUT2D eigenvalue weighted by Crippen LogP contribution is 2.50. The summed E-state index contributed by atoms with van der Waals surface area (Å²) < 4.78 is 18.7. The summed E-state index contributed by atoms with van der Waals surface area (Å²) >= 11 is 7.40. The smallest absolute Gasteiger partial charge is 0.327 e. The molecule has 2 aliphatic rings. The lowest BCUT2D eigenvalue weighted by molar-refractivity contribution is -0.159. The average molecular weight is 480 g/mol. The van der Waals surface area contributed by atoms with Crippen LogP contribution >= 0.6 is 23.4 Å². The molecular formula is C19H19ClFMgN3O5S. The molecule has 2 saturated heterocycles. The van der Waals surface area contributed by atoms with Gasteiger partial charge in [-0.15, -0.1) is 11.8 Å². The highest BCUT2D eigenvalue weighted by atomic mass is 35.5. The first-order valence-corrected chi connectivity index (χ1v) is 10.2. The molecule has 1 aromatic carbocycles. The lowest BCUT2D eigenvalue weighted by Crippen LogP contribution is -2.70. The Bertz CT molecular complexity index is 1070. The number of halogens is 2. The van der Waals surface area contributed by atoms with Crippen LogP contribution in [0.5, 0.6) is 0 Å². The third-order valence-electron chi connectivity index (χ3n) is 5.25. The van der Waals surface area contributed by atoms with E-state index in [1.807, 2.05) is 0 Å². The van der Waals surface area contributed by atoms with E-state index in [4.69, 9.17) is 16.1 Å². The van der Waals surface area contributed by atoms with Crippen LogP contribution in [0.15, 0.2) is 22.7 Å². The minimum atomic E-state index is -1.10. The molecule has 162 valence electrons. The Balaban J connectivity index is 0.00000272. The van der Waals surface area contributed by atoms with Gasteiger partial charge >= 0.3 is 29.0 Å². The first-order valence-electron chi connectivity index (χ1n) is 8.99. The predicted octanol–water partition coefficient (Wildman–Crippen LogP) is 1.77. The number of nitrogens with zero attached hydrogens (tertiary/aromatic N) is 2. The number of thioether (sulfide) groups is 1. The van der Waals surface area contributed by atoms with E-state index in [0.29, 0.717) is 0 Å². The van der Waals surface area contributed by atoms with Crippen molar-refractivity contribution in [2.24, 2.45) is 0 Å². The van der Waals surface area contributed by atoms with Gasteiger partial charge in [0.1, 0.15) is 40.3 Å². The van der Waals surface area contributed by atoms with E-state index < -0.39 is 45.8 Å². The monoisotopic (exact) mass is 479 g/mol. The molecule has 2 fully saturated rings. The molecule has 0 aliphatic carbocycles. The molecule has 2 N–H and O–H groups in total. The number of hydrogen-bond donors (Lipinski definition) is 2. The Kier molecular flexibility index (Phi) is 6.35.